The number of aromatic nitrogens is 1. The Morgan fingerprint density at radius 2 is 1.92 bits per heavy atom. The molecular formula is C21H27N3O2. The molecule has 3 heterocycles. The number of carbonyl (C=O) groups excluding carboxylic acids is 2. The Hall–Kier alpha value is -2.30. The van der Waals surface area contributed by atoms with E-state index in [0.29, 0.717) is 19.6 Å². The van der Waals surface area contributed by atoms with E-state index in [1.807, 2.05) is 42.7 Å². The van der Waals surface area contributed by atoms with Crippen molar-refractivity contribution in [3.8, 4) is 0 Å². The quantitative estimate of drug-likeness (QED) is 0.856. The van der Waals surface area contributed by atoms with Crippen LogP contribution in [0.1, 0.15) is 44.9 Å². The molecule has 26 heavy (non-hydrogen) atoms. The number of H-pyrrole nitrogens is 1. The Bertz CT molecular complexity index is 862. The summed E-state index contributed by atoms with van der Waals surface area (Å²) < 4.78 is 0. The maximum absolute atomic E-state index is 13.2. The number of para-hydroxylation sites is 1. The maximum Gasteiger partial charge on any atom is 0.245 e. The van der Waals surface area contributed by atoms with Crippen LogP contribution in [-0.4, -0.2) is 45.7 Å². The van der Waals surface area contributed by atoms with Crippen molar-refractivity contribution < 1.29 is 9.59 Å². The fraction of sp³-hybridized carbons (Fsp3) is 0.524. The molecule has 5 nitrogen and oxygen atoms in total. The summed E-state index contributed by atoms with van der Waals surface area (Å²) in [6.07, 6.45) is 2.53. The Morgan fingerprint density at radius 1 is 1.15 bits per heavy atom. The Balaban J connectivity index is 1.57. The predicted molar refractivity (Wildman–Crippen MR) is 102 cm³/mol. The van der Waals surface area contributed by atoms with E-state index in [1.54, 1.807) is 0 Å². The first-order valence-electron chi connectivity index (χ1n) is 9.54. The summed E-state index contributed by atoms with van der Waals surface area (Å²) in [5.41, 5.74) is 3.16. The van der Waals surface area contributed by atoms with Crippen LogP contribution in [0.15, 0.2) is 24.3 Å². The summed E-state index contributed by atoms with van der Waals surface area (Å²) in [7, 11) is 0. The molecule has 0 bridgehead atoms. The lowest BCUT2D eigenvalue weighted by Crippen LogP contribution is -2.51. The van der Waals surface area contributed by atoms with Gasteiger partial charge in [-0.05, 0) is 18.9 Å². The molecule has 0 spiro atoms. The second kappa shape index (κ2) is 6.15. The lowest BCUT2D eigenvalue weighted by atomic mass is 9.94. The zero-order valence-electron chi connectivity index (χ0n) is 15.8. The molecule has 2 aliphatic heterocycles. The van der Waals surface area contributed by atoms with Gasteiger partial charge in [-0.15, -0.1) is 0 Å². The maximum atomic E-state index is 13.2. The number of likely N-dealkylation sites (tertiary alicyclic amines) is 1. The number of carbonyl (C=O) groups is 2. The van der Waals surface area contributed by atoms with Gasteiger partial charge in [0.1, 0.15) is 6.04 Å². The molecule has 1 unspecified atom stereocenters. The number of fused-ring (bicyclic) bond motifs is 3. The molecule has 2 amide bonds. The standard InChI is InChI=1S/C21H27N3O2/c1-21(2,3)20(26)24-11-6-9-18(24)19(25)23-12-10-17-15(13-23)14-7-4-5-8-16(14)22-17/h4-5,7-8,18,22H,6,9-13H2,1-3H3. The van der Waals surface area contributed by atoms with Gasteiger partial charge in [-0.2, -0.15) is 0 Å². The Morgan fingerprint density at radius 3 is 2.69 bits per heavy atom. The van der Waals surface area contributed by atoms with Gasteiger partial charge in [0, 0.05) is 53.6 Å². The first-order valence-corrected chi connectivity index (χ1v) is 9.54. The van der Waals surface area contributed by atoms with Gasteiger partial charge in [0.15, 0.2) is 0 Å². The molecule has 138 valence electrons. The van der Waals surface area contributed by atoms with Crippen LogP contribution < -0.4 is 0 Å². The lowest BCUT2D eigenvalue weighted by molar-refractivity contribution is -0.148. The molecule has 2 aliphatic rings. The highest BCUT2D eigenvalue weighted by Gasteiger charge is 2.40. The van der Waals surface area contributed by atoms with Gasteiger partial charge < -0.3 is 14.8 Å². The van der Waals surface area contributed by atoms with Gasteiger partial charge in [0.2, 0.25) is 11.8 Å². The third-order valence-corrected chi connectivity index (χ3v) is 5.63. The number of nitrogens with one attached hydrogen (secondary N) is 1. The second-order valence-corrected chi connectivity index (χ2v) is 8.54. The minimum absolute atomic E-state index is 0.0816. The highest BCUT2D eigenvalue weighted by atomic mass is 16.2. The van der Waals surface area contributed by atoms with Gasteiger partial charge in [0.05, 0.1) is 0 Å². The van der Waals surface area contributed by atoms with Crippen LogP contribution in [-0.2, 0) is 22.6 Å². The largest absolute Gasteiger partial charge is 0.358 e. The minimum Gasteiger partial charge on any atom is -0.358 e. The van der Waals surface area contributed by atoms with Crippen molar-refractivity contribution >= 4 is 22.7 Å². The number of rotatable bonds is 1. The number of nitrogens with zero attached hydrogens (tertiary/aromatic N) is 2. The van der Waals surface area contributed by atoms with E-state index in [1.165, 1.54) is 16.6 Å². The zero-order valence-corrected chi connectivity index (χ0v) is 15.8. The van der Waals surface area contributed by atoms with Crippen LogP contribution in [0.4, 0.5) is 0 Å². The number of benzene rings is 1. The van der Waals surface area contributed by atoms with Gasteiger partial charge in [0.25, 0.3) is 0 Å². The predicted octanol–water partition coefficient (Wildman–Crippen LogP) is 3.09. The SMILES string of the molecule is CC(C)(C)C(=O)N1CCCC1C(=O)N1CCc2[nH]c3ccccc3c2C1. The van der Waals surface area contributed by atoms with E-state index in [2.05, 4.69) is 17.1 Å². The van der Waals surface area contributed by atoms with E-state index < -0.39 is 5.41 Å². The monoisotopic (exact) mass is 353 g/mol. The van der Waals surface area contributed by atoms with E-state index in [0.717, 1.165) is 24.8 Å². The smallest absolute Gasteiger partial charge is 0.245 e. The zero-order chi connectivity index (χ0) is 18.5. The van der Waals surface area contributed by atoms with Crippen LogP contribution >= 0.6 is 0 Å². The lowest BCUT2D eigenvalue weighted by Gasteiger charge is -2.35. The van der Waals surface area contributed by atoms with Crippen LogP contribution in [0.3, 0.4) is 0 Å². The van der Waals surface area contributed by atoms with Crippen molar-refractivity contribution in [2.45, 2.75) is 52.6 Å². The van der Waals surface area contributed by atoms with Crippen molar-refractivity contribution in [1.82, 2.24) is 14.8 Å². The summed E-state index contributed by atoms with van der Waals surface area (Å²) in [6, 6.07) is 7.97. The summed E-state index contributed by atoms with van der Waals surface area (Å²) in [4.78, 5) is 33.2. The molecule has 4 rings (SSSR count). The third kappa shape index (κ3) is 2.79. The number of hydrogen-bond acceptors (Lipinski definition) is 2. The Labute approximate surface area is 154 Å². The topological polar surface area (TPSA) is 56.4 Å². The summed E-state index contributed by atoms with van der Waals surface area (Å²) in [6.45, 7) is 7.81. The summed E-state index contributed by atoms with van der Waals surface area (Å²) in [5, 5.41) is 1.20. The van der Waals surface area contributed by atoms with Crippen molar-refractivity contribution in [3.05, 3.63) is 35.5 Å². The minimum atomic E-state index is -0.450. The van der Waals surface area contributed by atoms with Crippen molar-refractivity contribution in [2.24, 2.45) is 5.41 Å². The average molecular weight is 353 g/mol. The third-order valence-electron chi connectivity index (χ3n) is 5.63. The van der Waals surface area contributed by atoms with E-state index in [-0.39, 0.29) is 17.9 Å². The van der Waals surface area contributed by atoms with Crippen molar-refractivity contribution in [2.75, 3.05) is 13.1 Å². The van der Waals surface area contributed by atoms with E-state index in [4.69, 9.17) is 0 Å². The first-order chi connectivity index (χ1) is 12.4. The van der Waals surface area contributed by atoms with Gasteiger partial charge in [-0.25, -0.2) is 0 Å². The molecule has 5 heteroatoms. The Kier molecular flexibility index (Phi) is 4.05. The number of hydrogen-bond donors (Lipinski definition) is 1. The molecule has 0 aliphatic carbocycles. The first kappa shape index (κ1) is 17.1. The van der Waals surface area contributed by atoms with Crippen LogP contribution in [0.2, 0.25) is 0 Å². The van der Waals surface area contributed by atoms with Gasteiger partial charge in [-0.1, -0.05) is 39.0 Å². The molecule has 1 atom stereocenters. The van der Waals surface area contributed by atoms with Gasteiger partial charge >= 0.3 is 0 Å². The number of aromatic amines is 1. The van der Waals surface area contributed by atoms with Crippen LogP contribution in [0, 0.1) is 5.41 Å². The molecule has 1 aromatic carbocycles. The molecule has 1 fully saturated rings. The highest BCUT2D eigenvalue weighted by molar-refractivity contribution is 5.91. The average Bonchev–Trinajstić information content (AvgIpc) is 3.23. The molecule has 1 aromatic heterocycles. The molecule has 1 N–H and O–H groups in total. The fourth-order valence-corrected chi connectivity index (χ4v) is 4.26. The van der Waals surface area contributed by atoms with Crippen LogP contribution in [0.25, 0.3) is 10.9 Å². The van der Waals surface area contributed by atoms with E-state index >= 15 is 0 Å². The van der Waals surface area contributed by atoms with Gasteiger partial charge in [-0.3, -0.25) is 9.59 Å². The van der Waals surface area contributed by atoms with E-state index in [9.17, 15) is 9.59 Å². The summed E-state index contributed by atoms with van der Waals surface area (Å²) >= 11 is 0. The number of amides is 2. The highest BCUT2D eigenvalue weighted by Crippen LogP contribution is 2.30. The molecule has 0 radical (unpaired) electrons. The molecule has 0 saturated carbocycles. The molecule has 1 saturated heterocycles. The van der Waals surface area contributed by atoms with Crippen LogP contribution in [0.5, 0.6) is 0 Å². The summed E-state index contributed by atoms with van der Waals surface area (Å²) in [5.74, 6) is 0.189. The normalized spacial score (nSPS) is 20.5. The molecule has 2 aromatic rings. The molecular weight excluding hydrogens is 326 g/mol. The van der Waals surface area contributed by atoms with Crippen molar-refractivity contribution in [1.29, 1.82) is 0 Å². The fourth-order valence-electron chi connectivity index (χ4n) is 4.26. The van der Waals surface area contributed by atoms with Crippen molar-refractivity contribution in [3.63, 3.8) is 0 Å². The second-order valence-electron chi connectivity index (χ2n) is 8.54.